The van der Waals surface area contributed by atoms with E-state index in [1.807, 2.05) is 0 Å². The van der Waals surface area contributed by atoms with Crippen LogP contribution in [0.25, 0.3) is 22.3 Å². The van der Waals surface area contributed by atoms with Crippen LogP contribution in [0.15, 0.2) is 200 Å². The molecule has 4 heteroatoms. The maximum atomic E-state index is 2.60. The molecule has 0 unspecified atom stereocenters. The van der Waals surface area contributed by atoms with Gasteiger partial charge in [-0.15, -0.1) is 0 Å². The highest BCUT2D eigenvalue weighted by Gasteiger charge is 2.45. The largest absolute Gasteiger partial charge is 0.311 e. The first kappa shape index (κ1) is 46.8. The fourth-order valence-electron chi connectivity index (χ4n) is 11.1. The second-order valence-corrected chi connectivity index (χ2v) is 23.3. The minimum atomic E-state index is -0.0666. The third-order valence-corrected chi connectivity index (χ3v) is 15.1. The molecule has 2 heterocycles. The van der Waals surface area contributed by atoms with Crippen molar-refractivity contribution in [3.05, 3.63) is 228 Å². The summed E-state index contributed by atoms with van der Waals surface area (Å²) in [4.78, 5) is 7.67. The zero-order chi connectivity index (χ0) is 50.3. The van der Waals surface area contributed by atoms with Crippen LogP contribution in [0.3, 0.4) is 0 Å². The standard InChI is InChI=1S/C68H66BN3/c1-45-26-37-59(46(2)40-45)70(53-33-27-48(28-34-53)47-20-14-12-15-21-47)55-43-63-65-64(44-55)72(60-25-19-18-24-56(60)49-22-16-13-17-23-49)62-39-32-52(68(9,10)11)42-58(62)69(65)57-41-51(67(6,7)8)31-38-61(57)71(63)54-35-29-50(30-36-54)66(3,4)5/h12-44H,1-11H3. The van der Waals surface area contributed by atoms with Gasteiger partial charge in [0, 0.05) is 45.4 Å². The Morgan fingerprint density at radius 1 is 0.375 bits per heavy atom. The van der Waals surface area contributed by atoms with Gasteiger partial charge in [0.1, 0.15) is 0 Å². The van der Waals surface area contributed by atoms with Gasteiger partial charge in [-0.25, -0.2) is 0 Å². The van der Waals surface area contributed by atoms with Gasteiger partial charge in [-0.2, -0.15) is 0 Å². The number of hydrogen-bond donors (Lipinski definition) is 0. The lowest BCUT2D eigenvalue weighted by Gasteiger charge is -2.46. The molecule has 0 radical (unpaired) electrons. The molecule has 2 aliphatic heterocycles. The molecule has 0 amide bonds. The van der Waals surface area contributed by atoms with Gasteiger partial charge in [-0.05, 0) is 146 Å². The van der Waals surface area contributed by atoms with E-state index < -0.39 is 0 Å². The predicted molar refractivity (Wildman–Crippen MR) is 312 cm³/mol. The molecule has 72 heavy (non-hydrogen) atoms. The Balaban J connectivity index is 1.28. The molecule has 0 aliphatic carbocycles. The second-order valence-electron chi connectivity index (χ2n) is 23.3. The van der Waals surface area contributed by atoms with Gasteiger partial charge in [0.05, 0.1) is 11.4 Å². The lowest BCUT2D eigenvalue weighted by molar-refractivity contribution is 0.590. The molecule has 0 spiro atoms. The molecule has 356 valence electrons. The van der Waals surface area contributed by atoms with Crippen LogP contribution in [0.4, 0.5) is 51.2 Å². The topological polar surface area (TPSA) is 9.72 Å². The first-order chi connectivity index (χ1) is 34.4. The molecule has 0 saturated heterocycles. The zero-order valence-corrected chi connectivity index (χ0v) is 44.0. The zero-order valence-electron chi connectivity index (χ0n) is 44.0. The van der Waals surface area contributed by atoms with E-state index in [2.05, 4.69) is 291 Å². The summed E-state index contributed by atoms with van der Waals surface area (Å²) < 4.78 is 0. The molecule has 0 fully saturated rings. The van der Waals surface area contributed by atoms with E-state index in [9.17, 15) is 0 Å². The predicted octanol–water partition coefficient (Wildman–Crippen LogP) is 17.1. The normalized spacial score (nSPS) is 13.1. The van der Waals surface area contributed by atoms with Crippen LogP contribution >= 0.6 is 0 Å². The number of hydrogen-bond acceptors (Lipinski definition) is 3. The van der Waals surface area contributed by atoms with Gasteiger partial charge in [0.25, 0.3) is 6.71 Å². The lowest BCUT2D eigenvalue weighted by atomic mass is 9.33. The van der Waals surface area contributed by atoms with Gasteiger partial charge in [-0.1, -0.05) is 207 Å². The van der Waals surface area contributed by atoms with Crippen LogP contribution in [0.5, 0.6) is 0 Å². The van der Waals surface area contributed by atoms with E-state index in [0.717, 1.165) is 28.4 Å². The minimum absolute atomic E-state index is 0.00764. The third kappa shape index (κ3) is 8.31. The first-order valence-electron chi connectivity index (χ1n) is 25.8. The van der Waals surface area contributed by atoms with Crippen molar-refractivity contribution in [3.8, 4) is 22.3 Å². The second kappa shape index (κ2) is 17.6. The van der Waals surface area contributed by atoms with Crippen molar-refractivity contribution in [1.29, 1.82) is 0 Å². The highest BCUT2D eigenvalue weighted by atomic mass is 15.2. The number of rotatable bonds is 7. The van der Waals surface area contributed by atoms with Crippen LogP contribution in [-0.4, -0.2) is 6.71 Å². The molecular formula is C68H66BN3. The number of anilines is 9. The Bertz CT molecular complexity index is 3480. The van der Waals surface area contributed by atoms with Crippen molar-refractivity contribution in [2.24, 2.45) is 0 Å². The Morgan fingerprint density at radius 3 is 1.44 bits per heavy atom. The Labute approximate surface area is 429 Å². The van der Waals surface area contributed by atoms with Crippen molar-refractivity contribution in [2.45, 2.75) is 92.4 Å². The summed E-state index contributed by atoms with van der Waals surface area (Å²) in [6.07, 6.45) is 0. The van der Waals surface area contributed by atoms with Crippen LogP contribution in [0, 0.1) is 13.8 Å². The number of aryl methyl sites for hydroxylation is 2. The smallest absolute Gasteiger partial charge is 0.252 e. The van der Waals surface area contributed by atoms with E-state index in [1.165, 1.54) is 89.2 Å². The average molecular weight is 936 g/mol. The SMILES string of the molecule is Cc1ccc(N(c2ccc(-c3ccccc3)cc2)c2cc3c4c(c2)N(c2ccccc2-c2ccccc2)c2ccc(C(C)(C)C)cc2B4c2cc(C(C)(C)C)ccc2N3c2ccc(C(C)(C)C)cc2)c(C)c1. The van der Waals surface area contributed by atoms with Gasteiger partial charge < -0.3 is 14.7 Å². The molecule has 11 rings (SSSR count). The Kier molecular flexibility index (Phi) is 11.5. The maximum Gasteiger partial charge on any atom is 0.252 e. The number of para-hydroxylation sites is 1. The quantitative estimate of drug-likeness (QED) is 0.147. The summed E-state index contributed by atoms with van der Waals surface area (Å²) in [5.74, 6) is 0. The molecule has 3 nitrogen and oxygen atoms in total. The van der Waals surface area contributed by atoms with E-state index in [1.54, 1.807) is 0 Å². The van der Waals surface area contributed by atoms with Crippen LogP contribution < -0.4 is 31.1 Å². The Morgan fingerprint density at radius 2 is 0.875 bits per heavy atom. The van der Waals surface area contributed by atoms with Gasteiger partial charge in [0.2, 0.25) is 0 Å². The average Bonchev–Trinajstić information content (AvgIpc) is 3.36. The highest BCUT2D eigenvalue weighted by molar-refractivity contribution is 7.00. The fourth-order valence-corrected chi connectivity index (χ4v) is 11.1. The molecule has 0 aromatic heterocycles. The van der Waals surface area contributed by atoms with Gasteiger partial charge in [-0.3, -0.25) is 0 Å². The van der Waals surface area contributed by atoms with Crippen molar-refractivity contribution in [2.75, 3.05) is 14.7 Å². The van der Waals surface area contributed by atoms with E-state index in [4.69, 9.17) is 0 Å². The Hall–Kier alpha value is -7.56. The molecule has 9 aromatic carbocycles. The molecular weight excluding hydrogens is 870 g/mol. The number of fused-ring (bicyclic) bond motifs is 4. The maximum absolute atomic E-state index is 2.60. The summed E-state index contributed by atoms with van der Waals surface area (Å²) in [7, 11) is 0. The van der Waals surface area contributed by atoms with E-state index >= 15 is 0 Å². The van der Waals surface area contributed by atoms with E-state index in [0.29, 0.717) is 0 Å². The van der Waals surface area contributed by atoms with Crippen molar-refractivity contribution < 1.29 is 0 Å². The fraction of sp³-hybridized carbons (Fsp3) is 0.206. The third-order valence-electron chi connectivity index (χ3n) is 15.1. The summed E-state index contributed by atoms with van der Waals surface area (Å²) in [5, 5.41) is 0. The summed E-state index contributed by atoms with van der Waals surface area (Å²) >= 11 is 0. The van der Waals surface area contributed by atoms with Gasteiger partial charge >= 0.3 is 0 Å². The molecule has 0 bridgehead atoms. The minimum Gasteiger partial charge on any atom is -0.311 e. The molecule has 0 atom stereocenters. The summed E-state index contributed by atoms with van der Waals surface area (Å²) in [5.41, 5.74) is 25.4. The first-order valence-corrected chi connectivity index (χ1v) is 25.8. The monoisotopic (exact) mass is 936 g/mol. The van der Waals surface area contributed by atoms with Crippen LogP contribution in [0.1, 0.15) is 90.1 Å². The molecule has 0 saturated carbocycles. The lowest BCUT2D eigenvalue weighted by Crippen LogP contribution is -2.61. The summed E-state index contributed by atoms with van der Waals surface area (Å²) in [6.45, 7) is 25.3. The van der Waals surface area contributed by atoms with Crippen LogP contribution in [0.2, 0.25) is 0 Å². The van der Waals surface area contributed by atoms with E-state index in [-0.39, 0.29) is 23.0 Å². The van der Waals surface area contributed by atoms with Crippen molar-refractivity contribution in [1.82, 2.24) is 0 Å². The molecule has 0 N–H and O–H groups in total. The molecule has 9 aromatic rings. The molecule has 2 aliphatic rings. The summed E-state index contributed by atoms with van der Waals surface area (Å²) in [6, 6.07) is 75.7. The van der Waals surface area contributed by atoms with Crippen molar-refractivity contribution >= 4 is 74.3 Å². The number of benzene rings is 9. The van der Waals surface area contributed by atoms with Crippen LogP contribution in [-0.2, 0) is 16.2 Å². The number of nitrogens with zero attached hydrogens (tertiary/aromatic N) is 3. The highest BCUT2D eigenvalue weighted by Crippen LogP contribution is 2.51. The van der Waals surface area contributed by atoms with Crippen molar-refractivity contribution in [3.63, 3.8) is 0 Å². The van der Waals surface area contributed by atoms with Gasteiger partial charge in [0.15, 0.2) is 0 Å².